The van der Waals surface area contributed by atoms with Crippen molar-refractivity contribution in [2.24, 2.45) is 0 Å². The molecule has 0 spiro atoms. The summed E-state index contributed by atoms with van der Waals surface area (Å²) in [5.74, 6) is -8.18. The number of rotatable bonds is 22. The molecule has 22 N–H and O–H groups in total. The summed E-state index contributed by atoms with van der Waals surface area (Å²) < 4.78 is 64.3. The molecule has 6 fully saturated rings. The first-order valence-corrected chi connectivity index (χ1v) is 25.8. The van der Waals surface area contributed by atoms with Crippen LogP contribution in [0.25, 0.3) is 0 Å². The van der Waals surface area contributed by atoms with Gasteiger partial charge in [0.2, 0.25) is 17.7 Å². The lowest BCUT2D eigenvalue weighted by Crippen LogP contribution is -2.71. The average molecular weight is 1200 g/mol. The van der Waals surface area contributed by atoms with Crippen LogP contribution in [0.5, 0.6) is 0 Å². The molecular formula is C45H75N3O34. The molecule has 3 amide bonds. The Hall–Kier alpha value is -3.28. The summed E-state index contributed by atoms with van der Waals surface area (Å²) in [7, 11) is 0. The SMILES string of the molecule is CC(=O)N[C@H]1[C@@H](O[C@H]2[C@@H](O)[C@@H](CO)O[C@@H](O[C@H]3[C@@H](O)[C@@H](CO[C@]4(C(=O)O)C[C@H](O)[C@@H](NC(=O)CO)[C@H]([C@H](O)[C@H](O)CO)O4)OC(O)[C@@H]3NC(C)=O)[C@@H]2O[C@@H]2O[C@@H](C)[C@@H](O)[C@@H](O)[C@@H]2O)O[C@H](CO)[C@H](O)[C@@H]1O[C@H]1O[C@H](CO)[C@H](O)[C@H](O)[C@H]1O. The number of carbonyl (C=O) groups excluding carboxylic acids is 3. The number of hydrogen-bond acceptors (Lipinski definition) is 33. The van der Waals surface area contributed by atoms with E-state index in [0.29, 0.717) is 0 Å². The zero-order chi connectivity index (χ0) is 61.0. The molecule has 6 aliphatic rings. The predicted octanol–water partition coefficient (Wildman–Crippen LogP) is -14.5. The van der Waals surface area contributed by atoms with Crippen LogP contribution < -0.4 is 16.0 Å². The Labute approximate surface area is 463 Å². The van der Waals surface area contributed by atoms with Gasteiger partial charge in [-0.05, 0) is 6.92 Å². The summed E-state index contributed by atoms with van der Waals surface area (Å²) in [6.07, 6.45) is -56.3. The molecule has 6 heterocycles. The summed E-state index contributed by atoms with van der Waals surface area (Å²) in [6.45, 7) is -3.61. The number of nitrogens with one attached hydrogen (secondary N) is 3. The fourth-order valence-electron chi connectivity index (χ4n) is 10.2. The Kier molecular flexibility index (Phi) is 23.9. The lowest BCUT2D eigenvalue weighted by atomic mass is 9.88. The predicted molar refractivity (Wildman–Crippen MR) is 251 cm³/mol. The van der Waals surface area contributed by atoms with Crippen molar-refractivity contribution in [1.82, 2.24) is 16.0 Å². The van der Waals surface area contributed by atoms with Crippen molar-refractivity contribution in [2.45, 2.75) is 217 Å². The molecule has 6 rings (SSSR count). The van der Waals surface area contributed by atoms with E-state index in [0.717, 1.165) is 13.8 Å². The second kappa shape index (κ2) is 28.9. The standard InChI is InChI=1S/C45H75N3O34/c1-11-24(59)30(65)32(67)41(73-11)81-38-37(80-40-23(47-13(3)55)35(27(62)17(7-51)75-40)78-42-33(68)31(66)26(61)16(6-50)76-42)28(63)18(8-52)77-43(38)79-34-22(46-12(2)54)39(69)74-19(29(34)64)10-72-45(44(70)71)4-14(56)21(48-20(58)9-53)36(82-45)25(60)15(57)5-49/h11,14-19,21-43,49-53,56-57,59-69H,4-10H2,1-3H3,(H,46,54)(H,47,55)(H,48,58)(H,70,71)/t11-,14-,15+,16+,17+,18+,19+,21+,22+,23+,24+,25+,26-,27-,28-,29-,30+,31-,32-,33+,34+,35+,36+,37-,38+,39?,40+,41-,42+,43-,45+/m0/s1. The smallest absolute Gasteiger partial charge is 0.364 e. The van der Waals surface area contributed by atoms with E-state index in [-0.39, 0.29) is 0 Å². The topological polar surface area (TPSA) is 590 Å². The Bertz CT molecular complexity index is 2090. The van der Waals surface area contributed by atoms with Crippen LogP contribution in [-0.2, 0) is 71.3 Å². The van der Waals surface area contributed by atoms with Gasteiger partial charge in [0.05, 0.1) is 51.3 Å². The van der Waals surface area contributed by atoms with Gasteiger partial charge in [-0.25, -0.2) is 4.79 Å². The monoisotopic (exact) mass is 1200 g/mol. The first-order chi connectivity index (χ1) is 38.6. The van der Waals surface area contributed by atoms with Gasteiger partial charge >= 0.3 is 5.97 Å². The van der Waals surface area contributed by atoms with E-state index in [1.54, 1.807) is 0 Å². The van der Waals surface area contributed by atoms with Crippen molar-refractivity contribution in [2.75, 3.05) is 39.6 Å². The largest absolute Gasteiger partial charge is 0.477 e. The first kappa shape index (κ1) is 67.8. The van der Waals surface area contributed by atoms with Crippen molar-refractivity contribution >= 4 is 23.7 Å². The van der Waals surface area contributed by atoms with Crippen LogP contribution in [-0.4, -0.2) is 350 Å². The lowest BCUT2D eigenvalue weighted by Gasteiger charge is -2.52. The highest BCUT2D eigenvalue weighted by Crippen LogP contribution is 2.39. The molecule has 1 unspecified atom stereocenters. The Balaban J connectivity index is 1.39. The van der Waals surface area contributed by atoms with E-state index < -0.39 is 259 Å². The van der Waals surface area contributed by atoms with Crippen LogP contribution in [0.3, 0.4) is 0 Å². The van der Waals surface area contributed by atoms with Crippen LogP contribution in [0.4, 0.5) is 0 Å². The Morgan fingerprint density at radius 3 is 1.57 bits per heavy atom. The van der Waals surface area contributed by atoms with Gasteiger partial charge in [0.15, 0.2) is 31.5 Å². The maximum absolute atomic E-state index is 13.0. The number of amides is 3. The second-order valence-electron chi connectivity index (χ2n) is 20.4. The van der Waals surface area contributed by atoms with Gasteiger partial charge in [-0.3, -0.25) is 14.4 Å². The lowest BCUT2D eigenvalue weighted by molar-refractivity contribution is -0.400. The third-order valence-corrected chi connectivity index (χ3v) is 14.7. The molecule has 0 bridgehead atoms. The summed E-state index contributed by atoms with van der Waals surface area (Å²) >= 11 is 0. The number of aliphatic carboxylic acids is 1. The number of ether oxygens (including phenoxy) is 11. The zero-order valence-electron chi connectivity index (χ0n) is 43.9. The van der Waals surface area contributed by atoms with Crippen molar-refractivity contribution in [3.05, 3.63) is 0 Å². The summed E-state index contributed by atoms with van der Waals surface area (Å²) in [4.78, 5) is 50.8. The van der Waals surface area contributed by atoms with Crippen molar-refractivity contribution in [3.8, 4) is 0 Å². The van der Waals surface area contributed by atoms with Crippen LogP contribution >= 0.6 is 0 Å². The maximum atomic E-state index is 13.0. The number of carboxylic acids is 1. The molecule has 37 heteroatoms. The fourth-order valence-corrected chi connectivity index (χ4v) is 10.2. The molecule has 474 valence electrons. The zero-order valence-corrected chi connectivity index (χ0v) is 43.9. The van der Waals surface area contributed by atoms with Gasteiger partial charge in [0.25, 0.3) is 5.79 Å². The van der Waals surface area contributed by atoms with Crippen molar-refractivity contribution < 1.29 is 168 Å². The van der Waals surface area contributed by atoms with Gasteiger partial charge in [-0.15, -0.1) is 0 Å². The van der Waals surface area contributed by atoms with Crippen LogP contribution in [0.1, 0.15) is 27.2 Å². The molecule has 31 atom stereocenters. The minimum atomic E-state index is -3.11. The van der Waals surface area contributed by atoms with Crippen LogP contribution in [0.2, 0.25) is 0 Å². The highest BCUT2D eigenvalue weighted by Gasteiger charge is 2.60. The average Bonchev–Trinajstić information content (AvgIpc) is 3.64. The van der Waals surface area contributed by atoms with E-state index in [9.17, 15) is 116 Å². The van der Waals surface area contributed by atoms with Gasteiger partial charge in [0, 0.05) is 20.3 Å². The first-order valence-electron chi connectivity index (χ1n) is 25.8. The fraction of sp³-hybridized carbons (Fsp3) is 0.911. The minimum Gasteiger partial charge on any atom is -0.477 e. The minimum absolute atomic E-state index is 0.918. The molecule has 0 saturated carbocycles. The summed E-state index contributed by atoms with van der Waals surface area (Å²) in [5.41, 5.74) is 0. The van der Waals surface area contributed by atoms with Gasteiger partial charge < -0.3 is 165 Å². The Morgan fingerprint density at radius 2 is 1.01 bits per heavy atom. The molecule has 0 aromatic carbocycles. The number of carbonyl (C=O) groups is 4. The maximum Gasteiger partial charge on any atom is 0.364 e. The number of aliphatic hydroxyl groups is 18. The van der Waals surface area contributed by atoms with E-state index in [2.05, 4.69) is 16.0 Å². The molecule has 6 aliphatic heterocycles. The molecule has 0 aromatic rings. The van der Waals surface area contributed by atoms with Gasteiger partial charge in [-0.1, -0.05) is 0 Å². The molecule has 37 nitrogen and oxygen atoms in total. The van der Waals surface area contributed by atoms with E-state index in [1.165, 1.54) is 6.92 Å². The normalized spacial score (nSPS) is 46.3. The van der Waals surface area contributed by atoms with E-state index >= 15 is 0 Å². The van der Waals surface area contributed by atoms with Crippen LogP contribution in [0.15, 0.2) is 0 Å². The number of aliphatic hydroxyl groups excluding tert-OH is 18. The second-order valence-corrected chi connectivity index (χ2v) is 20.4. The number of carboxylic acid groups (broad SMARTS) is 1. The highest BCUT2D eigenvalue weighted by molar-refractivity contribution is 5.78. The van der Waals surface area contributed by atoms with E-state index in [4.69, 9.17) is 52.1 Å². The molecule has 6 saturated heterocycles. The summed E-state index contributed by atoms with van der Waals surface area (Å²) in [5, 5.41) is 211. The molecule has 0 radical (unpaired) electrons. The molecule has 0 aliphatic carbocycles. The van der Waals surface area contributed by atoms with Crippen molar-refractivity contribution in [1.29, 1.82) is 0 Å². The summed E-state index contributed by atoms with van der Waals surface area (Å²) in [6, 6.07) is -5.58. The number of hydrogen-bond donors (Lipinski definition) is 22. The third-order valence-electron chi connectivity index (χ3n) is 14.7. The van der Waals surface area contributed by atoms with Gasteiger partial charge in [-0.2, -0.15) is 0 Å². The molecule has 82 heavy (non-hydrogen) atoms. The quantitative estimate of drug-likeness (QED) is 0.0479. The Morgan fingerprint density at radius 1 is 0.537 bits per heavy atom. The van der Waals surface area contributed by atoms with Crippen LogP contribution in [0, 0.1) is 0 Å². The van der Waals surface area contributed by atoms with Crippen molar-refractivity contribution in [3.63, 3.8) is 0 Å². The molecular weight excluding hydrogens is 1130 g/mol. The highest BCUT2D eigenvalue weighted by atomic mass is 16.8. The van der Waals surface area contributed by atoms with Gasteiger partial charge in [0.1, 0.15) is 141 Å². The van der Waals surface area contributed by atoms with E-state index in [1.807, 2.05) is 0 Å². The third kappa shape index (κ3) is 14.7. The molecule has 0 aromatic heterocycles.